The summed E-state index contributed by atoms with van der Waals surface area (Å²) in [6, 6.07) is 21.6. The zero-order valence-corrected chi connectivity index (χ0v) is 17.2. The number of ether oxygens (including phenoxy) is 1. The van der Waals surface area contributed by atoms with Gasteiger partial charge in [-0.2, -0.15) is 0 Å². The quantitative estimate of drug-likeness (QED) is 0.391. The van der Waals surface area contributed by atoms with E-state index in [2.05, 4.69) is 0 Å². The number of thioether (sulfide) groups is 1. The molecule has 0 saturated carbocycles. The molecule has 0 aliphatic carbocycles. The first kappa shape index (κ1) is 18.7. The van der Waals surface area contributed by atoms with E-state index in [9.17, 15) is 4.79 Å². The number of amides is 1. The summed E-state index contributed by atoms with van der Waals surface area (Å²) in [6.45, 7) is 3.97. The SMILES string of the molecule is CC(C)Oc1ccccc1/C=C1/SC(=S)N(c2cccc3ccccc23)C1=O. The summed E-state index contributed by atoms with van der Waals surface area (Å²) < 4.78 is 6.41. The van der Waals surface area contributed by atoms with Gasteiger partial charge in [0.2, 0.25) is 0 Å². The minimum atomic E-state index is -0.106. The Morgan fingerprint density at radius 3 is 2.54 bits per heavy atom. The molecule has 1 heterocycles. The van der Waals surface area contributed by atoms with Gasteiger partial charge in [-0.3, -0.25) is 9.69 Å². The number of para-hydroxylation sites is 1. The van der Waals surface area contributed by atoms with Crippen molar-refractivity contribution >= 4 is 56.7 Å². The predicted molar refractivity (Wildman–Crippen MR) is 122 cm³/mol. The van der Waals surface area contributed by atoms with Gasteiger partial charge in [-0.1, -0.05) is 78.6 Å². The molecule has 0 N–H and O–H groups in total. The molecule has 3 aromatic rings. The van der Waals surface area contributed by atoms with Crippen LogP contribution < -0.4 is 9.64 Å². The molecule has 1 aliphatic rings. The summed E-state index contributed by atoms with van der Waals surface area (Å²) in [5.41, 5.74) is 1.69. The molecule has 3 aromatic carbocycles. The molecule has 4 rings (SSSR count). The highest BCUT2D eigenvalue weighted by Gasteiger charge is 2.34. The maximum Gasteiger partial charge on any atom is 0.270 e. The monoisotopic (exact) mass is 405 g/mol. The van der Waals surface area contributed by atoms with E-state index in [-0.39, 0.29) is 12.0 Å². The molecule has 0 atom stereocenters. The fourth-order valence-corrected chi connectivity index (χ4v) is 4.46. The molecular formula is C23H19NO2S2. The summed E-state index contributed by atoms with van der Waals surface area (Å²) in [5, 5.41) is 2.08. The number of rotatable bonds is 4. The molecule has 1 saturated heterocycles. The van der Waals surface area contributed by atoms with Crippen LogP contribution in [0, 0.1) is 0 Å². The zero-order valence-electron chi connectivity index (χ0n) is 15.6. The van der Waals surface area contributed by atoms with Crippen LogP contribution in [0.15, 0.2) is 71.6 Å². The largest absolute Gasteiger partial charge is 0.490 e. The smallest absolute Gasteiger partial charge is 0.270 e. The lowest BCUT2D eigenvalue weighted by Crippen LogP contribution is -2.27. The van der Waals surface area contributed by atoms with Gasteiger partial charge >= 0.3 is 0 Å². The third-order valence-corrected chi connectivity index (χ3v) is 5.67. The van der Waals surface area contributed by atoms with E-state index in [1.54, 1.807) is 4.90 Å². The average Bonchev–Trinajstić information content (AvgIpc) is 2.96. The minimum absolute atomic E-state index is 0.0553. The summed E-state index contributed by atoms with van der Waals surface area (Å²) in [5.74, 6) is 0.652. The topological polar surface area (TPSA) is 29.5 Å². The van der Waals surface area contributed by atoms with Crippen molar-refractivity contribution in [3.05, 3.63) is 77.2 Å². The molecule has 0 bridgehead atoms. The number of carbonyl (C=O) groups excluding carboxylic acids is 1. The molecule has 0 aromatic heterocycles. The standard InChI is InChI=1S/C23H19NO2S2/c1-15(2)26-20-13-6-4-9-17(20)14-21-22(25)24(23(27)28-21)19-12-7-10-16-8-3-5-11-18(16)19/h3-15H,1-2H3/b21-14+. The van der Waals surface area contributed by atoms with E-state index in [0.717, 1.165) is 27.8 Å². The molecule has 5 heteroatoms. The first-order chi connectivity index (χ1) is 13.5. The fraction of sp³-hybridized carbons (Fsp3) is 0.130. The number of carbonyl (C=O) groups is 1. The van der Waals surface area contributed by atoms with Crippen LogP contribution in [-0.2, 0) is 4.79 Å². The molecular weight excluding hydrogens is 386 g/mol. The number of benzene rings is 3. The second-order valence-electron chi connectivity index (χ2n) is 6.72. The van der Waals surface area contributed by atoms with Gasteiger partial charge in [-0.05, 0) is 37.4 Å². The number of nitrogens with zero attached hydrogens (tertiary/aromatic N) is 1. The van der Waals surface area contributed by atoms with Gasteiger partial charge in [-0.15, -0.1) is 0 Å². The van der Waals surface area contributed by atoms with E-state index >= 15 is 0 Å². The third kappa shape index (κ3) is 3.55. The van der Waals surface area contributed by atoms with Crippen LogP contribution in [0.1, 0.15) is 19.4 Å². The number of hydrogen-bond acceptors (Lipinski definition) is 4. The Labute approximate surface area is 174 Å². The highest BCUT2D eigenvalue weighted by Crippen LogP contribution is 2.39. The number of hydrogen-bond donors (Lipinski definition) is 0. The first-order valence-electron chi connectivity index (χ1n) is 9.06. The number of thiocarbonyl (C=S) groups is 1. The Balaban J connectivity index is 1.73. The van der Waals surface area contributed by atoms with Crippen LogP contribution in [0.5, 0.6) is 5.75 Å². The summed E-state index contributed by atoms with van der Waals surface area (Å²) in [7, 11) is 0. The second kappa shape index (κ2) is 7.78. The van der Waals surface area contributed by atoms with Crippen LogP contribution in [0.3, 0.4) is 0 Å². The highest BCUT2D eigenvalue weighted by molar-refractivity contribution is 8.27. The van der Waals surface area contributed by atoms with Crippen molar-refractivity contribution in [1.82, 2.24) is 0 Å². The average molecular weight is 406 g/mol. The van der Waals surface area contributed by atoms with E-state index in [0.29, 0.717) is 9.23 Å². The Morgan fingerprint density at radius 1 is 1.00 bits per heavy atom. The molecule has 0 unspecified atom stereocenters. The lowest BCUT2D eigenvalue weighted by atomic mass is 10.1. The van der Waals surface area contributed by atoms with Crippen LogP contribution in [0.4, 0.5) is 5.69 Å². The van der Waals surface area contributed by atoms with Crippen LogP contribution >= 0.6 is 24.0 Å². The normalized spacial score (nSPS) is 15.8. The summed E-state index contributed by atoms with van der Waals surface area (Å²) in [6.07, 6.45) is 1.92. The van der Waals surface area contributed by atoms with Crippen molar-refractivity contribution in [2.45, 2.75) is 20.0 Å². The van der Waals surface area contributed by atoms with E-state index < -0.39 is 0 Å². The number of anilines is 1. The Hall–Kier alpha value is -2.63. The van der Waals surface area contributed by atoms with E-state index in [1.807, 2.05) is 86.7 Å². The van der Waals surface area contributed by atoms with Crippen molar-refractivity contribution in [1.29, 1.82) is 0 Å². The Kier molecular flexibility index (Phi) is 5.20. The van der Waals surface area contributed by atoms with Crippen molar-refractivity contribution < 1.29 is 9.53 Å². The lowest BCUT2D eigenvalue weighted by molar-refractivity contribution is -0.113. The van der Waals surface area contributed by atoms with Crippen molar-refractivity contribution in [2.75, 3.05) is 4.90 Å². The van der Waals surface area contributed by atoms with Gasteiger partial charge in [-0.25, -0.2) is 0 Å². The third-order valence-electron chi connectivity index (χ3n) is 4.37. The predicted octanol–water partition coefficient (Wildman–Crippen LogP) is 6.03. The fourth-order valence-electron chi connectivity index (χ4n) is 3.18. The molecule has 1 fully saturated rings. The van der Waals surface area contributed by atoms with Crippen LogP contribution in [-0.4, -0.2) is 16.3 Å². The lowest BCUT2D eigenvalue weighted by Gasteiger charge is -2.17. The second-order valence-corrected chi connectivity index (χ2v) is 8.40. The van der Waals surface area contributed by atoms with Crippen LogP contribution in [0.2, 0.25) is 0 Å². The van der Waals surface area contributed by atoms with Crippen LogP contribution in [0.25, 0.3) is 16.8 Å². The number of fused-ring (bicyclic) bond motifs is 1. The van der Waals surface area contributed by atoms with Gasteiger partial charge in [0.05, 0.1) is 16.7 Å². The Morgan fingerprint density at radius 2 is 1.71 bits per heavy atom. The van der Waals surface area contributed by atoms with E-state index in [1.165, 1.54) is 11.8 Å². The molecule has 1 aliphatic heterocycles. The van der Waals surface area contributed by atoms with Crippen molar-refractivity contribution in [2.24, 2.45) is 0 Å². The van der Waals surface area contributed by atoms with Gasteiger partial charge < -0.3 is 4.74 Å². The van der Waals surface area contributed by atoms with Crippen molar-refractivity contribution in [3.8, 4) is 5.75 Å². The van der Waals surface area contributed by atoms with Crippen molar-refractivity contribution in [3.63, 3.8) is 0 Å². The van der Waals surface area contributed by atoms with Gasteiger partial charge in [0.15, 0.2) is 4.32 Å². The Bertz CT molecular complexity index is 1100. The molecule has 140 valence electrons. The van der Waals surface area contributed by atoms with Gasteiger partial charge in [0, 0.05) is 10.9 Å². The first-order valence-corrected chi connectivity index (χ1v) is 10.3. The molecule has 1 amide bonds. The maximum atomic E-state index is 13.2. The molecule has 0 spiro atoms. The molecule has 3 nitrogen and oxygen atoms in total. The maximum absolute atomic E-state index is 13.2. The zero-order chi connectivity index (χ0) is 19.7. The molecule has 28 heavy (non-hydrogen) atoms. The summed E-state index contributed by atoms with van der Waals surface area (Å²) >= 11 is 6.88. The highest BCUT2D eigenvalue weighted by atomic mass is 32.2. The van der Waals surface area contributed by atoms with Gasteiger partial charge in [0.25, 0.3) is 5.91 Å². The molecule has 0 radical (unpaired) electrons. The summed E-state index contributed by atoms with van der Waals surface area (Å²) in [4.78, 5) is 15.4. The minimum Gasteiger partial charge on any atom is -0.490 e. The van der Waals surface area contributed by atoms with Gasteiger partial charge in [0.1, 0.15) is 5.75 Å². The van der Waals surface area contributed by atoms with E-state index in [4.69, 9.17) is 17.0 Å².